The monoisotopic (exact) mass is 249 g/mol. The molecule has 1 aromatic rings. The third-order valence-corrected chi connectivity index (χ3v) is 2.72. The number of carbonyl (C=O) groups is 1. The van der Waals surface area contributed by atoms with E-state index in [1.54, 1.807) is 11.9 Å². The topological polar surface area (TPSA) is 29.5 Å². The molecule has 0 aliphatic heterocycles. The minimum atomic E-state index is -0.279. The number of nitrogens with zero attached hydrogens (tertiary/aromatic N) is 1. The number of rotatable bonds is 4. The molecule has 3 heteroatoms. The molecule has 1 rings (SSSR count). The lowest BCUT2D eigenvalue weighted by atomic mass is 10.1. The van der Waals surface area contributed by atoms with Gasteiger partial charge >= 0.3 is 0 Å². The van der Waals surface area contributed by atoms with Gasteiger partial charge in [0.25, 0.3) is 0 Å². The van der Waals surface area contributed by atoms with E-state index in [0.29, 0.717) is 6.54 Å². The van der Waals surface area contributed by atoms with Gasteiger partial charge in [-0.25, -0.2) is 0 Å². The number of hydrogen-bond donors (Lipinski definition) is 0. The van der Waals surface area contributed by atoms with Gasteiger partial charge in [-0.15, -0.1) is 0 Å². The minimum absolute atomic E-state index is 0.00757. The van der Waals surface area contributed by atoms with Crippen LogP contribution in [0.4, 0.5) is 0 Å². The molecule has 100 valence electrons. The summed E-state index contributed by atoms with van der Waals surface area (Å²) in [6.07, 6.45) is 0. The maximum absolute atomic E-state index is 11.9. The van der Waals surface area contributed by atoms with Crippen LogP contribution in [-0.4, -0.2) is 30.1 Å². The molecular weight excluding hydrogens is 226 g/mol. The highest BCUT2D eigenvalue weighted by Crippen LogP contribution is 2.11. The van der Waals surface area contributed by atoms with Crippen molar-refractivity contribution in [2.75, 3.05) is 13.7 Å². The molecule has 0 radical (unpaired) electrons. The largest absolute Gasteiger partial charge is 0.366 e. The Morgan fingerprint density at radius 3 is 2.44 bits per heavy atom. The Balaban J connectivity index is 2.53. The van der Waals surface area contributed by atoms with Crippen molar-refractivity contribution in [1.82, 2.24) is 4.90 Å². The average Bonchev–Trinajstić information content (AvgIpc) is 2.28. The van der Waals surface area contributed by atoms with Gasteiger partial charge in [-0.05, 0) is 38.8 Å². The first-order valence-electron chi connectivity index (χ1n) is 6.22. The van der Waals surface area contributed by atoms with Crippen molar-refractivity contribution >= 4 is 5.91 Å². The first kappa shape index (κ1) is 14.7. The van der Waals surface area contributed by atoms with Gasteiger partial charge in [0.15, 0.2) is 0 Å². The Labute approximate surface area is 110 Å². The van der Waals surface area contributed by atoms with Gasteiger partial charge < -0.3 is 9.64 Å². The van der Waals surface area contributed by atoms with Crippen LogP contribution in [0.5, 0.6) is 0 Å². The van der Waals surface area contributed by atoms with Crippen molar-refractivity contribution in [1.29, 1.82) is 0 Å². The van der Waals surface area contributed by atoms with E-state index < -0.39 is 0 Å². The van der Waals surface area contributed by atoms with E-state index in [1.807, 2.05) is 39.0 Å². The van der Waals surface area contributed by atoms with Crippen molar-refractivity contribution in [3.8, 4) is 0 Å². The summed E-state index contributed by atoms with van der Waals surface area (Å²) in [7, 11) is 1.81. The smallest absolute Gasteiger partial charge is 0.248 e. The first-order valence-corrected chi connectivity index (χ1v) is 6.22. The van der Waals surface area contributed by atoms with Crippen LogP contribution in [0.1, 0.15) is 31.9 Å². The summed E-state index contributed by atoms with van der Waals surface area (Å²) in [4.78, 5) is 13.6. The molecule has 0 spiro atoms. The fourth-order valence-corrected chi connectivity index (χ4v) is 1.52. The summed E-state index contributed by atoms with van der Waals surface area (Å²) in [5, 5.41) is 0. The lowest BCUT2D eigenvalue weighted by Crippen LogP contribution is -2.33. The predicted molar refractivity (Wildman–Crippen MR) is 73.4 cm³/mol. The van der Waals surface area contributed by atoms with Crippen molar-refractivity contribution in [3.05, 3.63) is 35.4 Å². The van der Waals surface area contributed by atoms with Gasteiger partial charge in [0, 0.05) is 13.6 Å². The molecule has 0 N–H and O–H groups in total. The van der Waals surface area contributed by atoms with Crippen LogP contribution in [0.3, 0.4) is 0 Å². The van der Waals surface area contributed by atoms with E-state index in [-0.39, 0.29) is 18.1 Å². The second-order valence-corrected chi connectivity index (χ2v) is 5.58. The summed E-state index contributed by atoms with van der Waals surface area (Å²) >= 11 is 0. The molecule has 3 nitrogen and oxygen atoms in total. The molecule has 1 aromatic carbocycles. The van der Waals surface area contributed by atoms with E-state index in [1.165, 1.54) is 11.1 Å². The summed E-state index contributed by atoms with van der Waals surface area (Å²) in [5.74, 6) is 0.00757. The second-order valence-electron chi connectivity index (χ2n) is 5.58. The van der Waals surface area contributed by atoms with Crippen LogP contribution in [0.15, 0.2) is 24.3 Å². The van der Waals surface area contributed by atoms with Gasteiger partial charge in [0.05, 0.1) is 5.60 Å². The van der Waals surface area contributed by atoms with E-state index in [4.69, 9.17) is 4.74 Å². The molecule has 0 fully saturated rings. The van der Waals surface area contributed by atoms with Gasteiger partial charge in [0.1, 0.15) is 6.61 Å². The zero-order valence-corrected chi connectivity index (χ0v) is 12.0. The third kappa shape index (κ3) is 4.88. The Hall–Kier alpha value is -1.35. The molecule has 0 aliphatic carbocycles. The number of ether oxygens (including phenoxy) is 1. The zero-order valence-electron chi connectivity index (χ0n) is 12.0. The number of aryl methyl sites for hydroxylation is 1. The second kappa shape index (κ2) is 6.01. The number of benzene rings is 1. The van der Waals surface area contributed by atoms with Crippen molar-refractivity contribution in [2.45, 2.75) is 39.8 Å². The Kier molecular flexibility index (Phi) is 4.91. The summed E-state index contributed by atoms with van der Waals surface area (Å²) in [6, 6.07) is 8.10. The quantitative estimate of drug-likeness (QED) is 0.821. The maximum Gasteiger partial charge on any atom is 0.248 e. The van der Waals surface area contributed by atoms with E-state index in [9.17, 15) is 4.79 Å². The fraction of sp³-hybridized carbons (Fsp3) is 0.533. The van der Waals surface area contributed by atoms with E-state index in [0.717, 1.165) is 0 Å². The van der Waals surface area contributed by atoms with Gasteiger partial charge in [-0.3, -0.25) is 4.79 Å². The van der Waals surface area contributed by atoms with Crippen LogP contribution in [0.25, 0.3) is 0 Å². The highest BCUT2D eigenvalue weighted by atomic mass is 16.5. The summed E-state index contributed by atoms with van der Waals surface area (Å²) < 4.78 is 5.49. The van der Waals surface area contributed by atoms with E-state index in [2.05, 4.69) is 13.0 Å². The van der Waals surface area contributed by atoms with Crippen molar-refractivity contribution in [3.63, 3.8) is 0 Å². The van der Waals surface area contributed by atoms with Crippen LogP contribution < -0.4 is 0 Å². The Bertz CT molecular complexity index is 407. The molecule has 0 aromatic heterocycles. The lowest BCUT2D eigenvalue weighted by molar-refractivity contribution is -0.140. The van der Waals surface area contributed by atoms with Gasteiger partial charge in [0.2, 0.25) is 5.91 Å². The van der Waals surface area contributed by atoms with Crippen molar-refractivity contribution < 1.29 is 9.53 Å². The lowest BCUT2D eigenvalue weighted by Gasteiger charge is -2.23. The maximum atomic E-state index is 11.9. The zero-order chi connectivity index (χ0) is 13.8. The predicted octanol–water partition coefficient (Wildman–Crippen LogP) is 2.77. The van der Waals surface area contributed by atoms with E-state index >= 15 is 0 Å². The molecule has 0 bridgehead atoms. The van der Waals surface area contributed by atoms with Gasteiger partial charge in [-0.1, -0.05) is 24.3 Å². The highest BCUT2D eigenvalue weighted by molar-refractivity contribution is 5.77. The molecule has 0 aliphatic rings. The van der Waals surface area contributed by atoms with Gasteiger partial charge in [-0.2, -0.15) is 0 Å². The minimum Gasteiger partial charge on any atom is -0.366 e. The molecule has 0 atom stereocenters. The van der Waals surface area contributed by atoms with Crippen LogP contribution >= 0.6 is 0 Å². The molecule has 1 amide bonds. The van der Waals surface area contributed by atoms with Crippen LogP contribution in [0, 0.1) is 6.92 Å². The van der Waals surface area contributed by atoms with Crippen LogP contribution in [-0.2, 0) is 16.1 Å². The summed E-state index contributed by atoms with van der Waals surface area (Å²) in [6.45, 7) is 8.65. The molecule has 18 heavy (non-hydrogen) atoms. The third-order valence-electron chi connectivity index (χ3n) is 2.72. The SMILES string of the molecule is Cc1ccccc1CN(C)C(=O)COC(C)(C)C. The number of carbonyl (C=O) groups excluding carboxylic acids is 1. The Morgan fingerprint density at radius 1 is 1.28 bits per heavy atom. The molecular formula is C15H23NO2. The number of likely N-dealkylation sites (N-methyl/N-ethyl adjacent to an activating group) is 1. The fourth-order valence-electron chi connectivity index (χ4n) is 1.52. The Morgan fingerprint density at radius 2 is 1.89 bits per heavy atom. The molecule has 0 saturated carbocycles. The summed E-state index contributed by atoms with van der Waals surface area (Å²) in [5.41, 5.74) is 2.09. The standard InChI is InChI=1S/C15H23NO2/c1-12-8-6-7-9-13(12)10-16(5)14(17)11-18-15(2,3)4/h6-9H,10-11H2,1-5H3. The number of hydrogen-bond acceptors (Lipinski definition) is 2. The average molecular weight is 249 g/mol. The first-order chi connectivity index (χ1) is 8.29. The molecule has 0 saturated heterocycles. The van der Waals surface area contributed by atoms with Crippen LogP contribution in [0.2, 0.25) is 0 Å². The highest BCUT2D eigenvalue weighted by Gasteiger charge is 2.16. The van der Waals surface area contributed by atoms with Crippen molar-refractivity contribution in [2.24, 2.45) is 0 Å². The molecule has 0 heterocycles. The molecule has 0 unspecified atom stereocenters. The normalized spacial score (nSPS) is 11.4. The number of amides is 1.